The largest absolute Gasteiger partial charge is 0.443 e. The number of halogens is 3. The summed E-state index contributed by atoms with van der Waals surface area (Å²) in [5.74, 6) is 4.99. The maximum atomic E-state index is 15.2. The van der Waals surface area contributed by atoms with Crippen molar-refractivity contribution in [3.05, 3.63) is 34.1 Å². The van der Waals surface area contributed by atoms with Crippen molar-refractivity contribution < 1.29 is 23.0 Å². The molecule has 0 radical (unpaired) electrons. The smallest absolute Gasteiger partial charge is 0.418 e. The van der Waals surface area contributed by atoms with Crippen molar-refractivity contribution in [3.63, 3.8) is 0 Å². The summed E-state index contributed by atoms with van der Waals surface area (Å²) in [5.41, 5.74) is -2.30. The predicted molar refractivity (Wildman–Crippen MR) is 155 cm³/mol. The van der Waals surface area contributed by atoms with Gasteiger partial charge in [0.2, 0.25) is 0 Å². The Kier molecular flexibility index (Phi) is 10.5. The third-order valence-electron chi connectivity index (χ3n) is 6.17. The van der Waals surface area contributed by atoms with E-state index in [1.54, 1.807) is 39.8 Å². The van der Waals surface area contributed by atoms with Crippen molar-refractivity contribution in [1.82, 2.24) is 4.90 Å². The molecular formula is C27H39BrF2N2O3SSi. The maximum absolute atomic E-state index is 15.2. The lowest BCUT2D eigenvalue weighted by atomic mass is 9.73. The van der Waals surface area contributed by atoms with Gasteiger partial charge in [0.25, 0.3) is 0 Å². The van der Waals surface area contributed by atoms with Gasteiger partial charge in [-0.05, 0) is 58.9 Å². The fourth-order valence-corrected chi connectivity index (χ4v) is 6.37. The minimum absolute atomic E-state index is 0.0996. The van der Waals surface area contributed by atoms with Gasteiger partial charge in [0.05, 0.1) is 4.75 Å². The molecule has 10 heteroatoms. The molecule has 0 aromatic heterocycles. The summed E-state index contributed by atoms with van der Waals surface area (Å²) >= 11 is 4.63. The number of amidine groups is 1. The van der Waals surface area contributed by atoms with Crippen LogP contribution in [0.15, 0.2) is 27.7 Å². The number of aliphatic imine (C=N–C) groups is 1. The molecule has 1 amide bonds. The number of hydrogen-bond donors (Lipinski definition) is 0. The quantitative estimate of drug-likeness (QED) is 0.136. The lowest BCUT2D eigenvalue weighted by Gasteiger charge is -2.47. The Morgan fingerprint density at radius 2 is 1.97 bits per heavy atom. The number of carbonyl (C=O) groups is 1. The Balaban J connectivity index is 2.68. The Bertz CT molecular complexity index is 1080. The highest BCUT2D eigenvalue weighted by Crippen LogP contribution is 2.52. The van der Waals surface area contributed by atoms with Gasteiger partial charge in [0.1, 0.15) is 30.4 Å². The molecule has 1 aliphatic heterocycles. The lowest BCUT2D eigenvalue weighted by molar-refractivity contribution is 0.0107. The Hall–Kier alpha value is -1.41. The normalized spacial score (nSPS) is 24.1. The van der Waals surface area contributed by atoms with E-state index in [1.165, 1.54) is 22.7 Å². The first-order valence-electron chi connectivity index (χ1n) is 12.3. The van der Waals surface area contributed by atoms with Crippen molar-refractivity contribution in [3.8, 4) is 11.8 Å². The molecule has 0 bridgehead atoms. The molecule has 2 rings (SSSR count). The summed E-state index contributed by atoms with van der Waals surface area (Å²) in [5, 5.41) is 0.183. The van der Waals surface area contributed by atoms with Gasteiger partial charge in [-0.25, -0.2) is 23.5 Å². The van der Waals surface area contributed by atoms with Crippen LogP contribution in [0.5, 0.6) is 0 Å². The van der Waals surface area contributed by atoms with Gasteiger partial charge in [0.15, 0.2) is 5.17 Å². The molecule has 1 aromatic carbocycles. The molecular weight excluding hydrogens is 578 g/mol. The number of amides is 1. The highest BCUT2D eigenvalue weighted by Gasteiger charge is 2.54. The molecule has 0 saturated heterocycles. The number of ether oxygens (including phenoxy) is 2. The van der Waals surface area contributed by atoms with E-state index in [4.69, 9.17) is 14.5 Å². The number of alkyl halides is 1. The number of nitrogens with zero attached hydrogens (tertiary/aromatic N) is 2. The van der Waals surface area contributed by atoms with Crippen molar-refractivity contribution in [2.24, 2.45) is 10.9 Å². The predicted octanol–water partition coefficient (Wildman–Crippen LogP) is 7.82. The molecule has 1 heterocycles. The summed E-state index contributed by atoms with van der Waals surface area (Å²) < 4.78 is 41.7. The van der Waals surface area contributed by atoms with Crippen LogP contribution < -0.4 is 0 Å². The summed E-state index contributed by atoms with van der Waals surface area (Å²) in [6.07, 6.45) is -0.671. The standard InChI is InChI=1S/C27H39BrF2N2O3SSi/c1-10-13-26(6)19(2)27(17-29,21-16-20(28)11-12-22(21)30)31-23(36-26)32(24(33)35-25(3,4)5)18-34-14-15-37(7,8)9/h11-12,16,19H,14-15,17-18H2,1-9H3/t19-,26-,27+/m1/s1. The zero-order valence-corrected chi connectivity index (χ0v) is 26.7. The first kappa shape index (κ1) is 31.8. The van der Waals surface area contributed by atoms with Crippen LogP contribution >= 0.6 is 27.7 Å². The molecule has 0 spiro atoms. The van der Waals surface area contributed by atoms with Gasteiger partial charge in [-0.2, -0.15) is 0 Å². The second-order valence-corrected chi connectivity index (χ2v) is 19.6. The lowest BCUT2D eigenvalue weighted by Crippen LogP contribution is -2.53. The minimum atomic E-state index is -1.62. The van der Waals surface area contributed by atoms with Gasteiger partial charge in [-0.15, -0.1) is 5.92 Å². The van der Waals surface area contributed by atoms with E-state index in [1.807, 2.05) is 13.8 Å². The van der Waals surface area contributed by atoms with Gasteiger partial charge in [-0.1, -0.05) is 60.2 Å². The van der Waals surface area contributed by atoms with Crippen molar-refractivity contribution in [2.75, 3.05) is 20.0 Å². The fourth-order valence-electron chi connectivity index (χ4n) is 3.90. The first-order chi connectivity index (χ1) is 17.0. The molecule has 0 unspecified atom stereocenters. The monoisotopic (exact) mass is 616 g/mol. The molecule has 1 aliphatic rings. The minimum Gasteiger partial charge on any atom is -0.443 e. The van der Waals surface area contributed by atoms with Crippen LogP contribution in [-0.2, 0) is 15.0 Å². The molecule has 0 fully saturated rings. The van der Waals surface area contributed by atoms with Crippen LogP contribution in [0.2, 0.25) is 25.7 Å². The van der Waals surface area contributed by atoms with E-state index in [0.29, 0.717) is 11.1 Å². The third kappa shape index (κ3) is 8.04. The van der Waals surface area contributed by atoms with E-state index in [9.17, 15) is 4.79 Å². The second kappa shape index (κ2) is 12.2. The van der Waals surface area contributed by atoms with Crippen LogP contribution in [-0.4, -0.2) is 54.6 Å². The van der Waals surface area contributed by atoms with E-state index >= 15 is 8.78 Å². The first-order valence-corrected chi connectivity index (χ1v) is 17.6. The van der Waals surface area contributed by atoms with Crippen molar-refractivity contribution in [2.45, 2.75) is 83.1 Å². The second-order valence-electron chi connectivity index (χ2n) is 11.6. The molecule has 3 atom stereocenters. The van der Waals surface area contributed by atoms with Crippen LogP contribution in [0.4, 0.5) is 13.6 Å². The van der Waals surface area contributed by atoms with E-state index in [-0.39, 0.29) is 17.5 Å². The third-order valence-corrected chi connectivity index (χ3v) is 9.75. The van der Waals surface area contributed by atoms with E-state index < -0.39 is 48.5 Å². The zero-order valence-electron chi connectivity index (χ0n) is 23.3. The Morgan fingerprint density at radius 1 is 1.32 bits per heavy atom. The summed E-state index contributed by atoms with van der Waals surface area (Å²) in [7, 11) is -1.37. The van der Waals surface area contributed by atoms with Gasteiger partial charge in [0, 0.05) is 30.6 Å². The number of rotatable bonds is 7. The average molecular weight is 618 g/mol. The molecule has 0 N–H and O–H groups in total. The summed E-state index contributed by atoms with van der Waals surface area (Å²) in [6.45, 7) is 16.8. The van der Waals surface area contributed by atoms with E-state index in [2.05, 4.69) is 47.4 Å². The van der Waals surface area contributed by atoms with Crippen molar-refractivity contribution >= 4 is 47.0 Å². The van der Waals surface area contributed by atoms with Crippen LogP contribution in [0.25, 0.3) is 0 Å². The molecule has 5 nitrogen and oxygen atoms in total. The van der Waals surface area contributed by atoms with Gasteiger partial charge in [-0.3, -0.25) is 0 Å². The zero-order chi connectivity index (χ0) is 28.2. The highest BCUT2D eigenvalue weighted by molar-refractivity contribution is 9.10. The average Bonchev–Trinajstić information content (AvgIpc) is 2.76. The van der Waals surface area contributed by atoms with Crippen molar-refractivity contribution in [1.29, 1.82) is 0 Å². The van der Waals surface area contributed by atoms with Crippen LogP contribution in [0.1, 0.15) is 47.1 Å². The summed E-state index contributed by atoms with van der Waals surface area (Å²) in [4.78, 5) is 19.4. The Morgan fingerprint density at radius 3 is 2.51 bits per heavy atom. The molecule has 206 valence electrons. The van der Waals surface area contributed by atoms with E-state index in [0.717, 1.165) is 6.04 Å². The number of carbonyl (C=O) groups excluding carboxylic acids is 1. The van der Waals surface area contributed by atoms with Crippen LogP contribution in [0, 0.1) is 23.6 Å². The van der Waals surface area contributed by atoms with Gasteiger partial charge < -0.3 is 9.47 Å². The molecule has 0 saturated carbocycles. The molecule has 0 aliphatic carbocycles. The van der Waals surface area contributed by atoms with Gasteiger partial charge >= 0.3 is 6.09 Å². The number of hydrogen-bond acceptors (Lipinski definition) is 5. The van der Waals surface area contributed by atoms with Crippen LogP contribution in [0.3, 0.4) is 0 Å². The fraction of sp³-hybridized carbons (Fsp3) is 0.630. The number of thioether (sulfide) groups is 1. The summed E-state index contributed by atoms with van der Waals surface area (Å²) in [6, 6.07) is 5.30. The highest BCUT2D eigenvalue weighted by atomic mass is 79.9. The topological polar surface area (TPSA) is 51.1 Å². The molecule has 1 aromatic rings. The maximum Gasteiger partial charge on any atom is 0.418 e. The number of benzene rings is 1. The SMILES string of the molecule is CC#C[C@@]1(C)SC(N(COCC[Si](C)(C)C)C(=O)OC(C)(C)C)=N[C@](CF)(c2cc(Br)ccc2F)[C@@H]1C. The Labute approximate surface area is 234 Å². The molecule has 37 heavy (non-hydrogen) atoms.